The molecule has 0 spiro atoms. The van der Waals surface area contributed by atoms with E-state index in [1.165, 1.54) is 12.1 Å². The van der Waals surface area contributed by atoms with Gasteiger partial charge in [0.1, 0.15) is 11.6 Å². The lowest BCUT2D eigenvalue weighted by molar-refractivity contribution is -0.385. The monoisotopic (exact) mass is 414 g/mol. The molecule has 1 aromatic heterocycles. The molecule has 0 aliphatic rings. The second kappa shape index (κ2) is 8.67. The average molecular weight is 414 g/mol. The van der Waals surface area contributed by atoms with Crippen LogP contribution in [0.1, 0.15) is 28.1 Å². The van der Waals surface area contributed by atoms with Crippen LogP contribution in [-0.2, 0) is 4.79 Å². The Bertz CT molecular complexity index is 1260. The van der Waals surface area contributed by atoms with Gasteiger partial charge in [-0.3, -0.25) is 14.9 Å². The summed E-state index contributed by atoms with van der Waals surface area (Å²) in [7, 11) is 0. The largest absolute Gasteiger partial charge is 0.321 e. The molecule has 1 N–H and O–H groups in total. The Balaban J connectivity index is 1.99. The summed E-state index contributed by atoms with van der Waals surface area (Å²) in [6.07, 6.45) is 1.54. The van der Waals surface area contributed by atoms with Crippen molar-refractivity contribution in [2.75, 3.05) is 5.32 Å². The van der Waals surface area contributed by atoms with Crippen molar-refractivity contribution in [3.8, 4) is 11.8 Å². The van der Waals surface area contributed by atoms with E-state index >= 15 is 0 Å². The van der Waals surface area contributed by atoms with E-state index < -0.39 is 10.8 Å². The Hall–Kier alpha value is -4.18. The van der Waals surface area contributed by atoms with Crippen molar-refractivity contribution in [1.82, 2.24) is 4.57 Å². The van der Waals surface area contributed by atoms with Crippen LogP contribution in [0.3, 0.4) is 0 Å². The highest BCUT2D eigenvalue weighted by atomic mass is 16.6. The summed E-state index contributed by atoms with van der Waals surface area (Å²) in [5.74, 6) is -0.493. The fourth-order valence-electron chi connectivity index (χ4n) is 3.47. The molecule has 7 heteroatoms. The summed E-state index contributed by atoms with van der Waals surface area (Å²) in [4.78, 5) is 23.6. The molecule has 31 heavy (non-hydrogen) atoms. The zero-order valence-electron chi connectivity index (χ0n) is 17.8. The molecule has 0 bridgehead atoms. The van der Waals surface area contributed by atoms with Crippen LogP contribution in [0.2, 0.25) is 0 Å². The molecule has 7 nitrogen and oxygen atoms in total. The highest BCUT2D eigenvalue weighted by molar-refractivity contribution is 6.10. The number of hydrogen-bond acceptors (Lipinski definition) is 4. The molecule has 0 aliphatic carbocycles. The maximum atomic E-state index is 12.6. The van der Waals surface area contributed by atoms with E-state index in [1.807, 2.05) is 61.7 Å². The lowest BCUT2D eigenvalue weighted by Gasteiger charge is -2.10. The van der Waals surface area contributed by atoms with Gasteiger partial charge < -0.3 is 9.88 Å². The highest BCUT2D eigenvalue weighted by Gasteiger charge is 2.17. The highest BCUT2D eigenvalue weighted by Crippen LogP contribution is 2.27. The third-order valence-corrected chi connectivity index (χ3v) is 5.18. The van der Waals surface area contributed by atoms with Gasteiger partial charge in [0, 0.05) is 28.7 Å². The second-order valence-electron chi connectivity index (χ2n) is 7.33. The fraction of sp³-hybridized carbons (Fsp3) is 0.167. The summed E-state index contributed by atoms with van der Waals surface area (Å²) in [6, 6.07) is 16.2. The van der Waals surface area contributed by atoms with E-state index in [-0.39, 0.29) is 11.3 Å². The number of hydrogen-bond donors (Lipinski definition) is 1. The van der Waals surface area contributed by atoms with Crippen LogP contribution in [0.25, 0.3) is 11.8 Å². The predicted octanol–water partition coefficient (Wildman–Crippen LogP) is 5.16. The van der Waals surface area contributed by atoms with E-state index in [0.29, 0.717) is 22.5 Å². The van der Waals surface area contributed by atoms with Crippen LogP contribution in [0.4, 0.5) is 11.4 Å². The number of anilines is 1. The molecule has 0 unspecified atom stereocenters. The first-order valence-electron chi connectivity index (χ1n) is 9.66. The van der Waals surface area contributed by atoms with E-state index in [4.69, 9.17) is 0 Å². The van der Waals surface area contributed by atoms with Gasteiger partial charge in [-0.2, -0.15) is 5.26 Å². The minimum absolute atomic E-state index is 0.0293. The number of nitriles is 1. The number of carbonyl (C=O) groups is 1. The minimum atomic E-state index is -0.493. The third kappa shape index (κ3) is 4.38. The summed E-state index contributed by atoms with van der Waals surface area (Å²) >= 11 is 0. The Morgan fingerprint density at radius 2 is 1.81 bits per heavy atom. The molecular weight excluding hydrogens is 392 g/mol. The molecule has 3 rings (SSSR count). The van der Waals surface area contributed by atoms with E-state index in [2.05, 4.69) is 5.32 Å². The first-order valence-corrected chi connectivity index (χ1v) is 9.66. The minimum Gasteiger partial charge on any atom is -0.321 e. The molecule has 2 aromatic carbocycles. The van der Waals surface area contributed by atoms with Crippen molar-refractivity contribution in [1.29, 1.82) is 5.26 Å². The zero-order valence-corrected chi connectivity index (χ0v) is 17.8. The Morgan fingerprint density at radius 3 is 2.45 bits per heavy atom. The number of nitrogens with one attached hydrogen (secondary N) is 1. The molecular formula is C24H22N4O3. The summed E-state index contributed by atoms with van der Waals surface area (Å²) in [5.41, 5.74) is 5.07. The van der Waals surface area contributed by atoms with Crippen molar-refractivity contribution >= 4 is 23.4 Å². The van der Waals surface area contributed by atoms with Crippen LogP contribution in [0, 0.1) is 49.1 Å². The van der Waals surface area contributed by atoms with Crippen LogP contribution in [0.5, 0.6) is 0 Å². The predicted molar refractivity (Wildman–Crippen MR) is 120 cm³/mol. The van der Waals surface area contributed by atoms with E-state index in [1.54, 1.807) is 19.1 Å². The van der Waals surface area contributed by atoms with Gasteiger partial charge >= 0.3 is 0 Å². The lowest BCUT2D eigenvalue weighted by Crippen LogP contribution is -2.14. The number of aryl methyl sites for hydroxylation is 3. The van der Waals surface area contributed by atoms with Crippen molar-refractivity contribution in [2.45, 2.75) is 27.7 Å². The number of carbonyl (C=O) groups excluding carboxylic acids is 1. The summed E-state index contributed by atoms with van der Waals surface area (Å²) < 4.78 is 1.87. The van der Waals surface area contributed by atoms with Gasteiger partial charge in [-0.05, 0) is 63.1 Å². The van der Waals surface area contributed by atoms with Gasteiger partial charge in [0.05, 0.1) is 10.6 Å². The molecule has 0 saturated heterocycles. The molecule has 1 amide bonds. The van der Waals surface area contributed by atoms with Gasteiger partial charge in [-0.25, -0.2) is 0 Å². The van der Waals surface area contributed by atoms with Crippen molar-refractivity contribution in [3.63, 3.8) is 0 Å². The number of nitro groups is 1. The molecule has 3 aromatic rings. The Labute approximate surface area is 180 Å². The zero-order chi connectivity index (χ0) is 22.7. The van der Waals surface area contributed by atoms with Crippen LogP contribution < -0.4 is 5.32 Å². The Kier molecular flexibility index (Phi) is 6.02. The molecule has 0 saturated carbocycles. The van der Waals surface area contributed by atoms with Crippen LogP contribution in [0.15, 0.2) is 54.1 Å². The lowest BCUT2D eigenvalue weighted by atomic mass is 10.1. The summed E-state index contributed by atoms with van der Waals surface area (Å²) in [6.45, 7) is 7.28. The maximum absolute atomic E-state index is 12.6. The molecule has 0 atom stereocenters. The van der Waals surface area contributed by atoms with Gasteiger partial charge in [0.15, 0.2) is 0 Å². The van der Waals surface area contributed by atoms with Crippen molar-refractivity contribution < 1.29 is 9.72 Å². The normalized spacial score (nSPS) is 11.1. The van der Waals surface area contributed by atoms with E-state index in [0.717, 1.165) is 17.0 Å². The number of amides is 1. The van der Waals surface area contributed by atoms with Gasteiger partial charge in [-0.15, -0.1) is 0 Å². The SMILES string of the molecule is Cc1ccccc1NC(=O)/C(C#N)=C\c1cc(C)n(-c2ccc(C)c([N+](=O)[O-])c2)c1C. The quantitative estimate of drug-likeness (QED) is 0.269. The molecule has 0 fully saturated rings. The van der Waals surface area contributed by atoms with Gasteiger partial charge in [0.2, 0.25) is 0 Å². The average Bonchev–Trinajstić information content (AvgIpc) is 3.01. The van der Waals surface area contributed by atoms with Gasteiger partial charge in [-0.1, -0.05) is 24.3 Å². The molecule has 0 radical (unpaired) electrons. The number of nitro benzene ring substituents is 1. The first kappa shape index (κ1) is 21.5. The molecule has 1 heterocycles. The number of benzene rings is 2. The number of nitrogens with zero attached hydrogens (tertiary/aromatic N) is 3. The van der Waals surface area contributed by atoms with Gasteiger partial charge in [0.25, 0.3) is 11.6 Å². The maximum Gasteiger partial charge on any atom is 0.274 e. The van der Waals surface area contributed by atoms with Crippen molar-refractivity contribution in [2.24, 2.45) is 0 Å². The van der Waals surface area contributed by atoms with Crippen LogP contribution in [-0.4, -0.2) is 15.4 Å². The molecule has 156 valence electrons. The number of rotatable bonds is 5. The van der Waals surface area contributed by atoms with Crippen LogP contribution >= 0.6 is 0 Å². The Morgan fingerprint density at radius 1 is 1.10 bits per heavy atom. The fourth-order valence-corrected chi connectivity index (χ4v) is 3.47. The topological polar surface area (TPSA) is 101 Å². The summed E-state index contributed by atoms with van der Waals surface area (Å²) in [5, 5.41) is 23.6. The second-order valence-corrected chi connectivity index (χ2v) is 7.33. The number of aromatic nitrogens is 1. The first-order chi connectivity index (χ1) is 14.7. The van der Waals surface area contributed by atoms with E-state index in [9.17, 15) is 20.2 Å². The number of para-hydroxylation sites is 1. The van der Waals surface area contributed by atoms with Crippen molar-refractivity contribution in [3.05, 3.63) is 92.3 Å². The standard InChI is InChI=1S/C24H22N4O3/c1-15-7-5-6-8-22(15)26-24(29)20(14-25)12-19-11-17(3)27(18(19)4)21-10-9-16(2)23(13-21)28(30)31/h5-13H,1-4H3,(H,26,29)/b20-12-. The smallest absolute Gasteiger partial charge is 0.274 e. The molecule has 0 aliphatic heterocycles. The third-order valence-electron chi connectivity index (χ3n) is 5.18.